The van der Waals surface area contributed by atoms with E-state index in [-0.39, 0.29) is 23.3 Å². The van der Waals surface area contributed by atoms with Gasteiger partial charge in [0.15, 0.2) is 9.84 Å². The smallest absolute Gasteiger partial charge is 0.231 e. The second-order valence-corrected chi connectivity index (χ2v) is 9.48. The lowest BCUT2D eigenvalue weighted by Crippen LogP contribution is -2.37. The molecule has 0 spiro atoms. The third kappa shape index (κ3) is 3.11. The van der Waals surface area contributed by atoms with Crippen molar-refractivity contribution < 1.29 is 13.2 Å². The van der Waals surface area contributed by atoms with Crippen LogP contribution in [0.2, 0.25) is 0 Å². The third-order valence-corrected chi connectivity index (χ3v) is 7.10. The van der Waals surface area contributed by atoms with Crippen molar-refractivity contribution in [3.05, 3.63) is 24.3 Å². The number of anilines is 1. The Morgan fingerprint density at radius 1 is 1.29 bits per heavy atom. The quantitative estimate of drug-likeness (QED) is 0.795. The number of hydrogen-bond donors (Lipinski definition) is 0. The normalized spacial score (nSPS) is 28.0. The molecule has 0 bridgehead atoms. The lowest BCUT2D eigenvalue weighted by molar-refractivity contribution is -0.121. The van der Waals surface area contributed by atoms with Crippen molar-refractivity contribution in [1.82, 2.24) is 0 Å². The number of thioether (sulfide) groups is 1. The predicted octanol–water partition coefficient (Wildman–Crippen LogP) is 2.34. The standard InChI is InChI=1S/C15H19NO3S2/c1-11-6-8-16(13-4-2-3-5-14(13)20-11)15(17)12-7-9-21(18,19)10-12/h2-5,11-12H,6-10H2,1H3. The average molecular weight is 325 g/mol. The molecule has 2 aliphatic heterocycles. The van der Waals surface area contributed by atoms with Crippen molar-refractivity contribution in [1.29, 1.82) is 0 Å². The van der Waals surface area contributed by atoms with Gasteiger partial charge in [0.2, 0.25) is 5.91 Å². The Bertz CT molecular complexity index is 657. The van der Waals surface area contributed by atoms with Gasteiger partial charge in [-0.3, -0.25) is 4.79 Å². The Hall–Kier alpha value is -1.01. The summed E-state index contributed by atoms with van der Waals surface area (Å²) in [6.07, 6.45) is 1.38. The molecule has 1 aromatic carbocycles. The van der Waals surface area contributed by atoms with Crippen LogP contribution in [0.5, 0.6) is 0 Å². The van der Waals surface area contributed by atoms with Crippen LogP contribution in [0.4, 0.5) is 5.69 Å². The third-order valence-electron chi connectivity index (χ3n) is 4.09. The molecule has 2 heterocycles. The first-order chi connectivity index (χ1) is 9.96. The number of amides is 1. The van der Waals surface area contributed by atoms with Crippen LogP contribution in [0.25, 0.3) is 0 Å². The fourth-order valence-electron chi connectivity index (χ4n) is 2.93. The van der Waals surface area contributed by atoms with Gasteiger partial charge in [-0.25, -0.2) is 8.42 Å². The summed E-state index contributed by atoms with van der Waals surface area (Å²) >= 11 is 1.78. The highest BCUT2D eigenvalue weighted by Gasteiger charge is 2.37. The van der Waals surface area contributed by atoms with Gasteiger partial charge < -0.3 is 4.90 Å². The van der Waals surface area contributed by atoms with Crippen LogP contribution >= 0.6 is 11.8 Å². The first kappa shape index (κ1) is 14.9. The molecule has 3 rings (SSSR count). The van der Waals surface area contributed by atoms with E-state index in [0.29, 0.717) is 18.2 Å². The van der Waals surface area contributed by atoms with Gasteiger partial charge in [0.05, 0.1) is 23.1 Å². The molecule has 6 heteroatoms. The second-order valence-electron chi connectivity index (χ2n) is 5.77. The fourth-order valence-corrected chi connectivity index (χ4v) is 5.77. The van der Waals surface area contributed by atoms with E-state index in [1.165, 1.54) is 0 Å². The minimum absolute atomic E-state index is 0.00714. The van der Waals surface area contributed by atoms with Crippen LogP contribution < -0.4 is 4.90 Å². The van der Waals surface area contributed by atoms with E-state index in [1.54, 1.807) is 16.7 Å². The molecule has 2 aliphatic rings. The number of nitrogens with zero attached hydrogens (tertiary/aromatic N) is 1. The molecule has 0 aliphatic carbocycles. The highest BCUT2D eigenvalue weighted by atomic mass is 32.2. The van der Waals surface area contributed by atoms with Crippen LogP contribution in [0.3, 0.4) is 0 Å². The monoisotopic (exact) mass is 325 g/mol. The van der Waals surface area contributed by atoms with E-state index in [9.17, 15) is 13.2 Å². The van der Waals surface area contributed by atoms with Crippen molar-refractivity contribution in [2.24, 2.45) is 5.92 Å². The minimum atomic E-state index is -3.03. The first-order valence-electron chi connectivity index (χ1n) is 7.24. The summed E-state index contributed by atoms with van der Waals surface area (Å²) in [6, 6.07) is 7.91. The van der Waals surface area contributed by atoms with Gasteiger partial charge >= 0.3 is 0 Å². The summed E-state index contributed by atoms with van der Waals surface area (Å²) < 4.78 is 23.2. The summed E-state index contributed by atoms with van der Waals surface area (Å²) in [5.41, 5.74) is 0.932. The lowest BCUT2D eigenvalue weighted by Gasteiger charge is -2.25. The second kappa shape index (κ2) is 5.65. The van der Waals surface area contributed by atoms with Crippen LogP contribution in [0.1, 0.15) is 19.8 Å². The zero-order valence-electron chi connectivity index (χ0n) is 12.0. The SMILES string of the molecule is CC1CCN(C(=O)C2CCS(=O)(=O)C2)c2ccccc2S1. The minimum Gasteiger partial charge on any atom is -0.311 e. The van der Waals surface area contributed by atoms with Gasteiger partial charge in [-0.1, -0.05) is 19.1 Å². The number of rotatable bonds is 1. The van der Waals surface area contributed by atoms with Crippen LogP contribution in [-0.4, -0.2) is 37.6 Å². The lowest BCUT2D eigenvalue weighted by atomic mass is 10.1. The molecule has 21 heavy (non-hydrogen) atoms. The molecular weight excluding hydrogens is 306 g/mol. The number of carbonyl (C=O) groups is 1. The molecular formula is C15H19NO3S2. The molecule has 1 saturated heterocycles. The Morgan fingerprint density at radius 2 is 2.05 bits per heavy atom. The van der Waals surface area contributed by atoms with Crippen molar-refractivity contribution in [3.8, 4) is 0 Å². The topological polar surface area (TPSA) is 54.5 Å². The Balaban J connectivity index is 1.90. The molecule has 0 radical (unpaired) electrons. The van der Waals surface area contributed by atoms with Crippen molar-refractivity contribution >= 4 is 33.2 Å². The molecule has 0 saturated carbocycles. The molecule has 1 amide bonds. The van der Waals surface area contributed by atoms with Crippen molar-refractivity contribution in [2.45, 2.75) is 29.9 Å². The summed E-state index contributed by atoms with van der Waals surface area (Å²) in [4.78, 5) is 15.7. The van der Waals surface area contributed by atoms with Crippen LogP contribution in [0.15, 0.2) is 29.2 Å². The molecule has 4 nitrogen and oxygen atoms in total. The van der Waals surface area contributed by atoms with E-state index >= 15 is 0 Å². The van der Waals surface area contributed by atoms with Gasteiger partial charge in [-0.05, 0) is 25.0 Å². The van der Waals surface area contributed by atoms with Gasteiger partial charge in [0, 0.05) is 16.7 Å². The Kier molecular flexibility index (Phi) is 4.01. The number of fused-ring (bicyclic) bond motifs is 1. The van der Waals surface area contributed by atoms with Crippen molar-refractivity contribution in [2.75, 3.05) is 23.0 Å². The maximum absolute atomic E-state index is 12.8. The molecule has 114 valence electrons. The molecule has 1 aromatic rings. The highest BCUT2D eigenvalue weighted by Crippen LogP contribution is 2.38. The molecule has 2 atom stereocenters. The number of benzene rings is 1. The fraction of sp³-hybridized carbons (Fsp3) is 0.533. The highest BCUT2D eigenvalue weighted by molar-refractivity contribution is 8.00. The number of para-hydroxylation sites is 1. The Morgan fingerprint density at radius 3 is 2.76 bits per heavy atom. The van der Waals surface area contributed by atoms with Gasteiger partial charge in [-0.15, -0.1) is 11.8 Å². The summed E-state index contributed by atoms with van der Waals surface area (Å²) in [5, 5.41) is 0.455. The molecule has 0 N–H and O–H groups in total. The zero-order valence-corrected chi connectivity index (χ0v) is 13.6. The number of hydrogen-bond acceptors (Lipinski definition) is 4. The predicted molar refractivity (Wildman–Crippen MR) is 85.5 cm³/mol. The molecule has 2 unspecified atom stereocenters. The van der Waals surface area contributed by atoms with Crippen LogP contribution in [0, 0.1) is 5.92 Å². The van der Waals surface area contributed by atoms with E-state index < -0.39 is 9.84 Å². The van der Waals surface area contributed by atoms with E-state index in [2.05, 4.69) is 6.92 Å². The maximum Gasteiger partial charge on any atom is 0.231 e. The van der Waals surface area contributed by atoms with Gasteiger partial charge in [-0.2, -0.15) is 0 Å². The maximum atomic E-state index is 12.8. The van der Waals surface area contributed by atoms with Crippen LogP contribution in [-0.2, 0) is 14.6 Å². The van der Waals surface area contributed by atoms with E-state index in [4.69, 9.17) is 0 Å². The van der Waals surface area contributed by atoms with Gasteiger partial charge in [0.25, 0.3) is 0 Å². The molecule has 1 fully saturated rings. The van der Waals surface area contributed by atoms with Crippen molar-refractivity contribution in [3.63, 3.8) is 0 Å². The summed E-state index contributed by atoms with van der Waals surface area (Å²) in [7, 11) is -3.03. The summed E-state index contributed by atoms with van der Waals surface area (Å²) in [5.74, 6) is -0.253. The van der Waals surface area contributed by atoms with Gasteiger partial charge in [0.1, 0.15) is 0 Å². The zero-order chi connectivity index (χ0) is 15.0. The first-order valence-corrected chi connectivity index (χ1v) is 9.94. The summed E-state index contributed by atoms with van der Waals surface area (Å²) in [6.45, 7) is 2.83. The number of carbonyl (C=O) groups excluding carboxylic acids is 1. The largest absolute Gasteiger partial charge is 0.311 e. The average Bonchev–Trinajstić information content (AvgIpc) is 2.71. The van der Waals surface area contributed by atoms with E-state index in [0.717, 1.165) is 17.0 Å². The molecule has 0 aromatic heterocycles. The number of sulfone groups is 1. The Labute approximate surface area is 129 Å². The van der Waals surface area contributed by atoms with E-state index in [1.807, 2.05) is 24.3 Å².